The SMILES string of the molecule is Cc1ccc(CN2CC[C@@H](Nc3ccc(C=CC(=O)NO)cn3)C2)s1.Cl.Cl. The Morgan fingerprint density at radius 2 is 2.19 bits per heavy atom. The summed E-state index contributed by atoms with van der Waals surface area (Å²) in [6.45, 7) is 5.26. The third kappa shape index (κ3) is 7.12. The average molecular weight is 431 g/mol. The Labute approximate surface area is 175 Å². The second-order valence-electron chi connectivity index (χ2n) is 6.16. The number of pyridine rings is 1. The molecule has 27 heavy (non-hydrogen) atoms. The Bertz CT molecular complexity index is 752. The fourth-order valence-electron chi connectivity index (χ4n) is 2.89. The smallest absolute Gasteiger partial charge is 0.267 e. The van der Waals surface area contributed by atoms with Crippen LogP contribution in [0.2, 0.25) is 0 Å². The van der Waals surface area contributed by atoms with Gasteiger partial charge in [0.05, 0.1) is 0 Å². The van der Waals surface area contributed by atoms with Crippen molar-refractivity contribution >= 4 is 54.0 Å². The number of halogens is 2. The number of carbonyl (C=O) groups excluding carboxylic acids is 1. The largest absolute Gasteiger partial charge is 0.366 e. The topological polar surface area (TPSA) is 77.5 Å². The first-order chi connectivity index (χ1) is 12.1. The fourth-order valence-corrected chi connectivity index (χ4v) is 3.83. The van der Waals surface area contributed by atoms with E-state index < -0.39 is 5.91 Å². The van der Waals surface area contributed by atoms with Gasteiger partial charge in [0.25, 0.3) is 5.91 Å². The summed E-state index contributed by atoms with van der Waals surface area (Å²) in [6, 6.07) is 8.58. The molecule has 3 N–H and O–H groups in total. The van der Waals surface area contributed by atoms with Crippen molar-refractivity contribution in [2.75, 3.05) is 18.4 Å². The van der Waals surface area contributed by atoms with Gasteiger partial charge in [-0.1, -0.05) is 0 Å². The van der Waals surface area contributed by atoms with Crippen molar-refractivity contribution in [3.63, 3.8) is 0 Å². The minimum absolute atomic E-state index is 0. The highest BCUT2D eigenvalue weighted by Crippen LogP contribution is 2.21. The first-order valence-electron chi connectivity index (χ1n) is 8.25. The number of amides is 1. The second-order valence-corrected chi connectivity index (χ2v) is 7.54. The molecule has 1 amide bonds. The van der Waals surface area contributed by atoms with Gasteiger partial charge in [-0.05, 0) is 49.2 Å². The summed E-state index contributed by atoms with van der Waals surface area (Å²) >= 11 is 1.86. The van der Waals surface area contributed by atoms with Gasteiger partial charge < -0.3 is 5.32 Å². The van der Waals surface area contributed by atoms with Crippen LogP contribution in [0.15, 0.2) is 36.5 Å². The minimum Gasteiger partial charge on any atom is -0.366 e. The van der Waals surface area contributed by atoms with E-state index in [2.05, 4.69) is 34.3 Å². The number of nitrogens with zero attached hydrogens (tertiary/aromatic N) is 2. The number of anilines is 1. The predicted octanol–water partition coefficient (Wildman–Crippen LogP) is 3.50. The van der Waals surface area contributed by atoms with Crippen LogP contribution in [0.1, 0.15) is 21.7 Å². The highest BCUT2D eigenvalue weighted by Gasteiger charge is 2.22. The molecule has 0 bridgehead atoms. The molecule has 0 radical (unpaired) electrons. The van der Waals surface area contributed by atoms with Crippen molar-refractivity contribution in [3.05, 3.63) is 51.9 Å². The molecule has 0 aromatic carbocycles. The lowest BCUT2D eigenvalue weighted by Crippen LogP contribution is -2.26. The molecule has 2 aromatic heterocycles. The molecule has 0 aliphatic carbocycles. The molecule has 1 aliphatic heterocycles. The summed E-state index contributed by atoms with van der Waals surface area (Å²) in [7, 11) is 0. The van der Waals surface area contributed by atoms with E-state index in [-0.39, 0.29) is 24.8 Å². The molecule has 0 unspecified atom stereocenters. The molecule has 1 fully saturated rings. The van der Waals surface area contributed by atoms with Crippen LogP contribution in [0, 0.1) is 6.92 Å². The summed E-state index contributed by atoms with van der Waals surface area (Å²) in [6.07, 6.45) is 5.66. The number of likely N-dealkylation sites (tertiary alicyclic amines) is 1. The Kier molecular flexibility index (Phi) is 9.76. The first-order valence-corrected chi connectivity index (χ1v) is 9.06. The molecule has 1 saturated heterocycles. The lowest BCUT2D eigenvalue weighted by Gasteiger charge is -2.16. The summed E-state index contributed by atoms with van der Waals surface area (Å²) in [5.41, 5.74) is 2.36. The van der Waals surface area contributed by atoms with Crippen LogP contribution in [0.4, 0.5) is 5.82 Å². The molecule has 2 aromatic rings. The quantitative estimate of drug-likeness (QED) is 0.371. The number of aryl methyl sites for hydroxylation is 1. The number of carbonyl (C=O) groups is 1. The van der Waals surface area contributed by atoms with E-state index >= 15 is 0 Å². The lowest BCUT2D eigenvalue weighted by atomic mass is 10.2. The molecule has 148 valence electrons. The number of thiophene rings is 1. The Morgan fingerprint density at radius 3 is 2.81 bits per heavy atom. The van der Waals surface area contributed by atoms with E-state index in [9.17, 15) is 4.79 Å². The van der Waals surface area contributed by atoms with Gasteiger partial charge in [-0.3, -0.25) is 14.9 Å². The van der Waals surface area contributed by atoms with Crippen molar-refractivity contribution in [3.8, 4) is 0 Å². The predicted molar refractivity (Wildman–Crippen MR) is 114 cm³/mol. The van der Waals surface area contributed by atoms with Gasteiger partial charge in [0, 0.05) is 47.7 Å². The summed E-state index contributed by atoms with van der Waals surface area (Å²) in [4.78, 5) is 20.6. The molecule has 0 spiro atoms. The van der Waals surface area contributed by atoms with Gasteiger partial charge in [-0.15, -0.1) is 36.2 Å². The van der Waals surface area contributed by atoms with E-state index in [4.69, 9.17) is 5.21 Å². The van der Waals surface area contributed by atoms with Crippen LogP contribution in [0.5, 0.6) is 0 Å². The molecule has 1 aliphatic rings. The zero-order valence-corrected chi connectivity index (χ0v) is 17.4. The molecular formula is C18H24Cl2N4O2S. The van der Waals surface area contributed by atoms with Crippen LogP contribution < -0.4 is 10.8 Å². The molecule has 1 atom stereocenters. The van der Waals surface area contributed by atoms with Crippen LogP contribution in [-0.4, -0.2) is 40.1 Å². The van der Waals surface area contributed by atoms with Crippen molar-refractivity contribution in [1.29, 1.82) is 0 Å². The molecule has 0 saturated carbocycles. The number of hydrogen-bond donors (Lipinski definition) is 3. The molecular weight excluding hydrogens is 407 g/mol. The zero-order chi connectivity index (χ0) is 17.6. The number of hydroxylamine groups is 1. The highest BCUT2D eigenvalue weighted by atomic mass is 35.5. The van der Waals surface area contributed by atoms with Gasteiger partial charge in [0.1, 0.15) is 5.82 Å². The van der Waals surface area contributed by atoms with Crippen molar-refractivity contribution in [1.82, 2.24) is 15.4 Å². The van der Waals surface area contributed by atoms with E-state index in [1.54, 1.807) is 17.8 Å². The normalized spacial score (nSPS) is 16.6. The van der Waals surface area contributed by atoms with Gasteiger partial charge in [0.15, 0.2) is 0 Å². The summed E-state index contributed by atoms with van der Waals surface area (Å²) in [5.74, 6) is 0.275. The number of rotatable bonds is 6. The van der Waals surface area contributed by atoms with Crippen LogP contribution in [0.3, 0.4) is 0 Å². The van der Waals surface area contributed by atoms with Crippen LogP contribution in [0.25, 0.3) is 6.08 Å². The van der Waals surface area contributed by atoms with Crippen molar-refractivity contribution < 1.29 is 10.0 Å². The maximum Gasteiger partial charge on any atom is 0.267 e. The van der Waals surface area contributed by atoms with Gasteiger partial charge in [-0.25, -0.2) is 10.5 Å². The zero-order valence-electron chi connectivity index (χ0n) is 14.9. The van der Waals surface area contributed by atoms with Crippen molar-refractivity contribution in [2.45, 2.75) is 25.9 Å². The third-order valence-corrected chi connectivity index (χ3v) is 5.11. The minimum atomic E-state index is -0.561. The number of nitrogens with one attached hydrogen (secondary N) is 2. The van der Waals surface area contributed by atoms with E-state index in [1.807, 2.05) is 23.5 Å². The van der Waals surface area contributed by atoms with Gasteiger partial charge in [0.2, 0.25) is 0 Å². The van der Waals surface area contributed by atoms with E-state index in [1.165, 1.54) is 15.8 Å². The summed E-state index contributed by atoms with van der Waals surface area (Å²) < 4.78 is 0. The highest BCUT2D eigenvalue weighted by molar-refractivity contribution is 7.11. The lowest BCUT2D eigenvalue weighted by molar-refractivity contribution is -0.124. The second kappa shape index (κ2) is 11.3. The molecule has 9 heteroatoms. The van der Waals surface area contributed by atoms with Crippen LogP contribution >= 0.6 is 36.2 Å². The number of aromatic nitrogens is 1. The number of hydrogen-bond acceptors (Lipinski definition) is 6. The van der Waals surface area contributed by atoms with Gasteiger partial charge in [-0.2, -0.15) is 0 Å². The fraction of sp³-hybridized carbons (Fsp3) is 0.333. The maximum atomic E-state index is 11.0. The average Bonchev–Trinajstić information content (AvgIpc) is 3.23. The molecule has 3 rings (SSSR count). The Hall–Kier alpha value is -1.64. The summed E-state index contributed by atoms with van der Waals surface area (Å²) in [5, 5.41) is 11.9. The Balaban J connectivity index is 0.00000182. The van der Waals surface area contributed by atoms with E-state index in [0.717, 1.165) is 37.4 Å². The third-order valence-electron chi connectivity index (χ3n) is 4.12. The molecule has 3 heterocycles. The standard InChI is InChI=1S/C18H22N4O2S.2ClH/c1-13-2-5-16(25-13)12-22-9-8-15(11-22)20-17-6-3-14(10-19-17)4-7-18(23)21-24;;/h2-7,10,15,24H,8-9,11-12H2,1H3,(H,19,20)(H,21,23);2*1H/t15-;;/m1../s1. The maximum absolute atomic E-state index is 11.0. The van der Waals surface area contributed by atoms with Crippen LogP contribution in [-0.2, 0) is 11.3 Å². The Morgan fingerprint density at radius 1 is 1.37 bits per heavy atom. The first kappa shape index (κ1) is 23.4. The van der Waals surface area contributed by atoms with Crippen molar-refractivity contribution in [2.24, 2.45) is 0 Å². The monoisotopic (exact) mass is 430 g/mol. The molecule has 6 nitrogen and oxygen atoms in total. The van der Waals surface area contributed by atoms with E-state index in [0.29, 0.717) is 6.04 Å². The van der Waals surface area contributed by atoms with Gasteiger partial charge >= 0.3 is 0 Å².